The molecule has 0 radical (unpaired) electrons. The summed E-state index contributed by atoms with van der Waals surface area (Å²) in [5.74, 6) is -0.876. The average Bonchev–Trinajstić information content (AvgIpc) is 2.67. The average molecular weight is 245 g/mol. The van der Waals surface area contributed by atoms with Gasteiger partial charge < -0.3 is 9.67 Å². The number of aromatic nitrogens is 1. The van der Waals surface area contributed by atoms with Crippen LogP contribution in [-0.4, -0.2) is 15.6 Å². The second-order valence-electron chi connectivity index (χ2n) is 5.90. The molecule has 1 heterocycles. The van der Waals surface area contributed by atoms with E-state index in [1.54, 1.807) is 12.1 Å². The van der Waals surface area contributed by atoms with Gasteiger partial charge in [-0.05, 0) is 36.1 Å². The number of hydrogen-bond donors (Lipinski definition) is 1. The van der Waals surface area contributed by atoms with E-state index in [1.165, 1.54) is 0 Å². The van der Waals surface area contributed by atoms with Gasteiger partial charge in [-0.1, -0.05) is 20.8 Å². The number of nitrogens with zero attached hydrogens (tertiary/aromatic N) is 1. The van der Waals surface area contributed by atoms with Crippen LogP contribution >= 0.6 is 0 Å². The van der Waals surface area contributed by atoms with Crippen molar-refractivity contribution >= 4 is 16.9 Å². The maximum atomic E-state index is 10.9. The smallest absolute Gasteiger partial charge is 0.335 e. The topological polar surface area (TPSA) is 42.2 Å². The molecule has 0 aliphatic carbocycles. The first kappa shape index (κ1) is 12.7. The third-order valence-corrected chi connectivity index (χ3v) is 3.12. The molecule has 1 aromatic heterocycles. The van der Waals surface area contributed by atoms with Crippen LogP contribution in [0.15, 0.2) is 30.5 Å². The lowest BCUT2D eigenvalue weighted by Crippen LogP contribution is -2.09. The van der Waals surface area contributed by atoms with Crippen LogP contribution in [0, 0.1) is 5.41 Å². The zero-order valence-corrected chi connectivity index (χ0v) is 11.1. The molecular formula is C15H19NO2. The number of carboxylic acid groups (broad SMARTS) is 1. The van der Waals surface area contributed by atoms with E-state index in [1.807, 2.05) is 18.3 Å². The minimum Gasteiger partial charge on any atom is -0.478 e. The largest absolute Gasteiger partial charge is 0.478 e. The molecule has 0 spiro atoms. The summed E-state index contributed by atoms with van der Waals surface area (Å²) < 4.78 is 2.19. The zero-order valence-electron chi connectivity index (χ0n) is 11.1. The van der Waals surface area contributed by atoms with E-state index in [9.17, 15) is 4.79 Å². The third kappa shape index (κ3) is 2.73. The Morgan fingerprint density at radius 3 is 2.61 bits per heavy atom. The highest BCUT2D eigenvalue weighted by Gasteiger charge is 2.11. The molecule has 2 rings (SSSR count). The molecule has 0 unspecified atom stereocenters. The number of aryl methyl sites for hydroxylation is 1. The van der Waals surface area contributed by atoms with E-state index in [0.717, 1.165) is 23.9 Å². The Hall–Kier alpha value is -1.77. The fourth-order valence-corrected chi connectivity index (χ4v) is 1.98. The molecule has 0 fully saturated rings. The summed E-state index contributed by atoms with van der Waals surface area (Å²) in [6.45, 7) is 7.63. The molecule has 96 valence electrons. The van der Waals surface area contributed by atoms with Crippen LogP contribution in [0.2, 0.25) is 0 Å². The third-order valence-electron chi connectivity index (χ3n) is 3.12. The van der Waals surface area contributed by atoms with Gasteiger partial charge in [0.25, 0.3) is 0 Å². The van der Waals surface area contributed by atoms with Gasteiger partial charge in [-0.15, -0.1) is 0 Å². The van der Waals surface area contributed by atoms with Crippen LogP contribution in [0.4, 0.5) is 0 Å². The molecule has 0 saturated heterocycles. The van der Waals surface area contributed by atoms with E-state index in [-0.39, 0.29) is 0 Å². The van der Waals surface area contributed by atoms with Crippen LogP contribution in [0.3, 0.4) is 0 Å². The van der Waals surface area contributed by atoms with Crippen LogP contribution in [0.1, 0.15) is 37.6 Å². The molecule has 0 amide bonds. The number of benzene rings is 1. The molecule has 0 atom stereocenters. The summed E-state index contributed by atoms with van der Waals surface area (Å²) >= 11 is 0. The lowest BCUT2D eigenvalue weighted by atomic mass is 9.92. The minimum atomic E-state index is -0.876. The van der Waals surface area contributed by atoms with Crippen LogP contribution < -0.4 is 0 Å². The van der Waals surface area contributed by atoms with Gasteiger partial charge >= 0.3 is 5.97 Å². The molecular weight excluding hydrogens is 226 g/mol. The number of carboxylic acids is 1. The molecule has 2 aromatic rings. The van der Waals surface area contributed by atoms with Crippen molar-refractivity contribution in [1.29, 1.82) is 0 Å². The first-order valence-corrected chi connectivity index (χ1v) is 6.19. The van der Waals surface area contributed by atoms with Gasteiger partial charge in [0.15, 0.2) is 0 Å². The van der Waals surface area contributed by atoms with Crippen molar-refractivity contribution in [3.8, 4) is 0 Å². The van der Waals surface area contributed by atoms with Crippen molar-refractivity contribution < 1.29 is 9.90 Å². The summed E-state index contributed by atoms with van der Waals surface area (Å²) in [4.78, 5) is 10.9. The van der Waals surface area contributed by atoms with Gasteiger partial charge in [-0.25, -0.2) is 4.79 Å². The number of hydrogen-bond acceptors (Lipinski definition) is 1. The fraction of sp³-hybridized carbons (Fsp3) is 0.400. The highest BCUT2D eigenvalue weighted by molar-refractivity contribution is 5.93. The van der Waals surface area contributed by atoms with E-state index >= 15 is 0 Å². The van der Waals surface area contributed by atoms with E-state index in [0.29, 0.717) is 11.0 Å². The number of rotatable bonds is 3. The Balaban J connectivity index is 2.29. The molecule has 0 bridgehead atoms. The molecule has 0 saturated carbocycles. The fourth-order valence-electron chi connectivity index (χ4n) is 1.98. The van der Waals surface area contributed by atoms with Gasteiger partial charge in [-0.2, -0.15) is 0 Å². The minimum absolute atomic E-state index is 0.303. The molecule has 0 aliphatic heterocycles. The lowest BCUT2D eigenvalue weighted by molar-refractivity contribution is 0.0697. The van der Waals surface area contributed by atoms with Crippen molar-refractivity contribution in [2.75, 3.05) is 0 Å². The SMILES string of the molecule is CC(C)(C)CCn1ccc2cc(C(=O)O)ccc21. The number of carbonyl (C=O) groups is 1. The molecule has 1 N–H and O–H groups in total. The molecule has 3 nitrogen and oxygen atoms in total. The van der Waals surface area contributed by atoms with Crippen molar-refractivity contribution in [2.24, 2.45) is 5.41 Å². The first-order valence-electron chi connectivity index (χ1n) is 6.19. The standard InChI is InChI=1S/C15H19NO2/c1-15(2,3)7-9-16-8-6-11-10-12(14(17)18)4-5-13(11)16/h4-6,8,10H,7,9H2,1-3H3,(H,17,18). The Bertz CT molecular complexity index is 576. The second-order valence-corrected chi connectivity index (χ2v) is 5.90. The van der Waals surface area contributed by atoms with Gasteiger partial charge in [0.2, 0.25) is 0 Å². The van der Waals surface area contributed by atoms with E-state index < -0.39 is 5.97 Å². The van der Waals surface area contributed by atoms with Crippen LogP contribution in [0.25, 0.3) is 10.9 Å². The maximum absolute atomic E-state index is 10.9. The number of aromatic carboxylic acids is 1. The lowest BCUT2D eigenvalue weighted by Gasteiger charge is -2.18. The Morgan fingerprint density at radius 1 is 1.28 bits per heavy atom. The van der Waals surface area contributed by atoms with Crippen molar-refractivity contribution in [3.05, 3.63) is 36.0 Å². The Labute approximate surface area is 107 Å². The maximum Gasteiger partial charge on any atom is 0.335 e. The van der Waals surface area contributed by atoms with Crippen molar-refractivity contribution in [1.82, 2.24) is 4.57 Å². The second kappa shape index (κ2) is 4.48. The highest BCUT2D eigenvalue weighted by Crippen LogP contribution is 2.23. The summed E-state index contributed by atoms with van der Waals surface area (Å²) in [7, 11) is 0. The molecule has 1 aromatic carbocycles. The summed E-state index contributed by atoms with van der Waals surface area (Å²) in [5, 5.41) is 9.94. The van der Waals surface area contributed by atoms with Gasteiger partial charge in [0, 0.05) is 23.6 Å². The Kier molecular flexibility index (Phi) is 3.16. The van der Waals surface area contributed by atoms with Crippen molar-refractivity contribution in [2.45, 2.75) is 33.7 Å². The van der Waals surface area contributed by atoms with Crippen molar-refractivity contribution in [3.63, 3.8) is 0 Å². The molecule has 0 aliphatic rings. The predicted molar refractivity (Wildman–Crippen MR) is 73.0 cm³/mol. The molecule has 3 heteroatoms. The predicted octanol–water partition coefficient (Wildman–Crippen LogP) is 3.78. The van der Waals surface area contributed by atoms with Crippen LogP contribution in [0.5, 0.6) is 0 Å². The number of fused-ring (bicyclic) bond motifs is 1. The first-order chi connectivity index (χ1) is 8.37. The van der Waals surface area contributed by atoms with E-state index in [2.05, 4.69) is 25.3 Å². The highest BCUT2D eigenvalue weighted by atomic mass is 16.4. The summed E-state index contributed by atoms with van der Waals surface area (Å²) in [6, 6.07) is 7.26. The van der Waals surface area contributed by atoms with Gasteiger partial charge in [0.1, 0.15) is 0 Å². The quantitative estimate of drug-likeness (QED) is 0.894. The zero-order chi connectivity index (χ0) is 13.3. The summed E-state index contributed by atoms with van der Waals surface area (Å²) in [5.41, 5.74) is 1.75. The summed E-state index contributed by atoms with van der Waals surface area (Å²) in [6.07, 6.45) is 3.12. The van der Waals surface area contributed by atoms with Gasteiger partial charge in [-0.3, -0.25) is 0 Å². The van der Waals surface area contributed by atoms with E-state index in [4.69, 9.17) is 5.11 Å². The Morgan fingerprint density at radius 2 is 2.00 bits per heavy atom. The van der Waals surface area contributed by atoms with Crippen LogP contribution in [-0.2, 0) is 6.54 Å². The normalized spacial score (nSPS) is 11.9. The van der Waals surface area contributed by atoms with Gasteiger partial charge in [0.05, 0.1) is 5.56 Å². The molecule has 18 heavy (non-hydrogen) atoms. The monoisotopic (exact) mass is 245 g/mol.